The van der Waals surface area contributed by atoms with Gasteiger partial charge in [-0.3, -0.25) is 10.2 Å². The molecule has 0 unspecified atom stereocenters. The normalized spacial score (nSPS) is 10.6. The number of hydrogen-bond acceptors (Lipinski definition) is 5. The molecule has 0 spiro atoms. The lowest BCUT2D eigenvalue weighted by Gasteiger charge is -2.05. The minimum absolute atomic E-state index is 0.242. The molecular formula is C13H14N2O3S. The second kappa shape index (κ2) is 5.90. The molecule has 0 radical (unpaired) electrons. The number of hydrogen-bond donors (Lipinski definition) is 2. The van der Waals surface area contributed by atoms with E-state index in [1.54, 1.807) is 0 Å². The first-order valence-electron chi connectivity index (χ1n) is 5.71. The van der Waals surface area contributed by atoms with Crippen LogP contribution in [0.25, 0.3) is 11.0 Å². The van der Waals surface area contributed by atoms with E-state index in [0.717, 1.165) is 16.5 Å². The molecule has 0 fully saturated rings. The molecular weight excluding hydrogens is 264 g/mol. The monoisotopic (exact) mass is 278 g/mol. The number of aryl methyl sites for hydroxylation is 1. The van der Waals surface area contributed by atoms with Crippen molar-refractivity contribution in [3.05, 3.63) is 45.8 Å². The maximum atomic E-state index is 11.5. The summed E-state index contributed by atoms with van der Waals surface area (Å²) in [7, 11) is 0. The molecule has 2 rings (SSSR count). The van der Waals surface area contributed by atoms with E-state index < -0.39 is 0 Å². The number of benzene rings is 1. The third-order valence-corrected chi connectivity index (χ3v) is 3.62. The minimum Gasteiger partial charge on any atom is -0.423 e. The van der Waals surface area contributed by atoms with Gasteiger partial charge in [0.05, 0.1) is 5.75 Å². The van der Waals surface area contributed by atoms with Crippen LogP contribution in [0.15, 0.2) is 33.5 Å². The van der Waals surface area contributed by atoms with E-state index in [1.165, 1.54) is 17.8 Å². The number of rotatable bonds is 4. The van der Waals surface area contributed by atoms with Crippen molar-refractivity contribution in [2.24, 2.45) is 5.84 Å². The van der Waals surface area contributed by atoms with Gasteiger partial charge in [-0.1, -0.05) is 12.1 Å². The van der Waals surface area contributed by atoms with Crippen molar-refractivity contribution in [1.29, 1.82) is 0 Å². The van der Waals surface area contributed by atoms with Crippen molar-refractivity contribution in [3.8, 4) is 0 Å². The Labute approximate surface area is 114 Å². The van der Waals surface area contributed by atoms with Crippen LogP contribution in [0.5, 0.6) is 0 Å². The Balaban J connectivity index is 2.27. The molecule has 1 amide bonds. The van der Waals surface area contributed by atoms with Crippen LogP contribution in [-0.2, 0) is 10.5 Å². The summed E-state index contributed by atoms with van der Waals surface area (Å²) in [6.07, 6.45) is 0. The first-order valence-corrected chi connectivity index (χ1v) is 6.86. The van der Waals surface area contributed by atoms with Gasteiger partial charge in [0.2, 0.25) is 5.91 Å². The Morgan fingerprint density at radius 1 is 1.42 bits per heavy atom. The number of amides is 1. The van der Waals surface area contributed by atoms with Crippen LogP contribution in [0.2, 0.25) is 0 Å². The Morgan fingerprint density at radius 3 is 2.95 bits per heavy atom. The van der Waals surface area contributed by atoms with Crippen LogP contribution in [0, 0.1) is 6.92 Å². The second-order valence-corrected chi connectivity index (χ2v) is 5.14. The van der Waals surface area contributed by atoms with Gasteiger partial charge in [-0.05, 0) is 24.1 Å². The largest absolute Gasteiger partial charge is 0.423 e. The fourth-order valence-corrected chi connectivity index (χ4v) is 2.58. The Bertz CT molecular complexity index is 666. The van der Waals surface area contributed by atoms with Crippen LogP contribution in [-0.4, -0.2) is 11.7 Å². The molecule has 0 aliphatic rings. The fourth-order valence-electron chi connectivity index (χ4n) is 1.75. The number of fused-ring (bicyclic) bond motifs is 1. The molecule has 1 heterocycles. The summed E-state index contributed by atoms with van der Waals surface area (Å²) in [5.41, 5.74) is 4.16. The highest BCUT2D eigenvalue weighted by atomic mass is 32.2. The molecule has 6 heteroatoms. The molecule has 0 saturated carbocycles. The van der Waals surface area contributed by atoms with Gasteiger partial charge in [-0.15, -0.1) is 11.8 Å². The third kappa shape index (κ3) is 3.36. The Morgan fingerprint density at radius 2 is 2.21 bits per heavy atom. The molecule has 19 heavy (non-hydrogen) atoms. The van der Waals surface area contributed by atoms with Gasteiger partial charge < -0.3 is 4.42 Å². The van der Waals surface area contributed by atoms with E-state index in [-0.39, 0.29) is 17.3 Å². The standard InChI is InChI=1S/C13H14N2O3S/c1-8-2-3-10-9(6-19-7-12(16)15-14)5-13(17)18-11(10)4-8/h2-5H,6-7,14H2,1H3,(H,15,16). The van der Waals surface area contributed by atoms with Gasteiger partial charge in [0.15, 0.2) is 0 Å². The molecule has 0 aliphatic carbocycles. The lowest BCUT2D eigenvalue weighted by molar-refractivity contribution is -0.118. The van der Waals surface area contributed by atoms with E-state index in [4.69, 9.17) is 10.3 Å². The average molecular weight is 278 g/mol. The predicted octanol–water partition coefficient (Wildman–Crippen LogP) is 1.32. The number of nitrogens with two attached hydrogens (primary N) is 1. The maximum Gasteiger partial charge on any atom is 0.336 e. The van der Waals surface area contributed by atoms with Crippen molar-refractivity contribution < 1.29 is 9.21 Å². The van der Waals surface area contributed by atoms with Gasteiger partial charge in [0.1, 0.15) is 5.58 Å². The highest BCUT2D eigenvalue weighted by Crippen LogP contribution is 2.22. The average Bonchev–Trinajstić information content (AvgIpc) is 2.37. The summed E-state index contributed by atoms with van der Waals surface area (Å²) in [5.74, 6) is 5.57. The van der Waals surface area contributed by atoms with E-state index in [0.29, 0.717) is 11.3 Å². The highest BCUT2D eigenvalue weighted by molar-refractivity contribution is 7.99. The topological polar surface area (TPSA) is 85.3 Å². The number of hydrazine groups is 1. The van der Waals surface area contributed by atoms with Crippen molar-refractivity contribution >= 4 is 28.6 Å². The van der Waals surface area contributed by atoms with Gasteiger partial charge in [-0.2, -0.15) is 0 Å². The fraction of sp³-hybridized carbons (Fsp3) is 0.231. The van der Waals surface area contributed by atoms with Crippen LogP contribution in [0.3, 0.4) is 0 Å². The predicted molar refractivity (Wildman–Crippen MR) is 75.7 cm³/mol. The van der Waals surface area contributed by atoms with Crippen molar-refractivity contribution in [2.45, 2.75) is 12.7 Å². The zero-order valence-electron chi connectivity index (χ0n) is 10.4. The molecule has 100 valence electrons. The number of nitrogens with one attached hydrogen (secondary N) is 1. The molecule has 0 bridgehead atoms. The molecule has 0 saturated heterocycles. The number of carbonyl (C=O) groups is 1. The van der Waals surface area contributed by atoms with E-state index in [9.17, 15) is 9.59 Å². The lowest BCUT2D eigenvalue weighted by atomic mass is 10.1. The summed E-state index contributed by atoms with van der Waals surface area (Å²) < 4.78 is 5.17. The van der Waals surface area contributed by atoms with Crippen molar-refractivity contribution in [1.82, 2.24) is 5.43 Å². The third-order valence-electron chi connectivity index (χ3n) is 2.64. The Hall–Kier alpha value is -1.79. The first kappa shape index (κ1) is 13.6. The molecule has 0 atom stereocenters. The summed E-state index contributed by atoms with van der Waals surface area (Å²) >= 11 is 1.39. The van der Waals surface area contributed by atoms with Crippen molar-refractivity contribution in [2.75, 3.05) is 5.75 Å². The molecule has 3 N–H and O–H groups in total. The van der Waals surface area contributed by atoms with Gasteiger partial charge >= 0.3 is 5.63 Å². The first-order chi connectivity index (χ1) is 9.10. The highest BCUT2D eigenvalue weighted by Gasteiger charge is 2.07. The van der Waals surface area contributed by atoms with Crippen LogP contribution < -0.4 is 16.9 Å². The Kier molecular flexibility index (Phi) is 4.24. The van der Waals surface area contributed by atoms with Gasteiger partial charge in [0, 0.05) is 17.2 Å². The number of carbonyl (C=O) groups excluding carboxylic acids is 1. The summed E-state index contributed by atoms with van der Waals surface area (Å²) in [4.78, 5) is 22.5. The molecule has 2 aromatic rings. The number of thioether (sulfide) groups is 1. The van der Waals surface area contributed by atoms with Crippen LogP contribution >= 0.6 is 11.8 Å². The van der Waals surface area contributed by atoms with E-state index >= 15 is 0 Å². The summed E-state index contributed by atoms with van der Waals surface area (Å²) in [6, 6.07) is 7.18. The van der Waals surface area contributed by atoms with Gasteiger partial charge in [0.25, 0.3) is 0 Å². The van der Waals surface area contributed by atoms with Gasteiger partial charge in [-0.25, -0.2) is 10.6 Å². The smallest absolute Gasteiger partial charge is 0.336 e. The zero-order chi connectivity index (χ0) is 13.8. The summed E-state index contributed by atoms with van der Waals surface area (Å²) in [5, 5.41) is 0.894. The molecule has 1 aromatic carbocycles. The van der Waals surface area contributed by atoms with E-state index in [1.807, 2.05) is 25.1 Å². The molecule has 0 aliphatic heterocycles. The van der Waals surface area contributed by atoms with Crippen LogP contribution in [0.4, 0.5) is 0 Å². The van der Waals surface area contributed by atoms with E-state index in [2.05, 4.69) is 5.43 Å². The lowest BCUT2D eigenvalue weighted by Crippen LogP contribution is -2.31. The molecule has 1 aromatic heterocycles. The molecule has 5 nitrogen and oxygen atoms in total. The summed E-state index contributed by atoms with van der Waals surface area (Å²) in [6.45, 7) is 1.94. The quantitative estimate of drug-likeness (QED) is 0.381. The van der Waals surface area contributed by atoms with Crippen molar-refractivity contribution in [3.63, 3.8) is 0 Å². The minimum atomic E-state index is -0.378. The zero-order valence-corrected chi connectivity index (χ0v) is 11.3. The maximum absolute atomic E-state index is 11.5. The van der Waals surface area contributed by atoms with Crippen LogP contribution in [0.1, 0.15) is 11.1 Å². The SMILES string of the molecule is Cc1ccc2c(CSCC(=O)NN)cc(=O)oc2c1. The second-order valence-electron chi connectivity index (χ2n) is 4.15.